The zero-order valence-electron chi connectivity index (χ0n) is 25.9. The molecule has 264 valence electrons. The lowest BCUT2D eigenvalue weighted by Gasteiger charge is -2.22. The molecule has 0 aliphatic carbocycles. The highest BCUT2D eigenvalue weighted by atomic mass is 32.2. The first-order valence-electron chi connectivity index (χ1n) is 14.1. The Kier molecular flexibility index (Phi) is 20.6. The van der Waals surface area contributed by atoms with Gasteiger partial charge < -0.3 is 25.7 Å². The monoisotopic (exact) mass is 729 g/mol. The number of nitrogens with zero attached hydrogens (tertiary/aromatic N) is 1. The van der Waals surface area contributed by atoms with E-state index in [-0.39, 0.29) is 36.6 Å². The Bertz CT molecular complexity index is 1310. The van der Waals surface area contributed by atoms with Crippen LogP contribution in [0.25, 0.3) is 0 Å². The second-order valence-corrected chi connectivity index (χ2v) is 12.0. The summed E-state index contributed by atoms with van der Waals surface area (Å²) in [7, 11) is 0. The minimum atomic E-state index is -1.20. The van der Waals surface area contributed by atoms with Crippen molar-refractivity contribution in [3.05, 3.63) is 29.8 Å². The predicted molar refractivity (Wildman–Crippen MR) is 181 cm³/mol. The van der Waals surface area contributed by atoms with Crippen LogP contribution in [0.3, 0.4) is 0 Å². The van der Waals surface area contributed by atoms with Crippen LogP contribution in [0.1, 0.15) is 12.0 Å². The van der Waals surface area contributed by atoms with Crippen LogP contribution in [0.5, 0.6) is 5.75 Å². The highest BCUT2D eigenvalue weighted by Gasteiger charge is 2.27. The lowest BCUT2D eigenvalue weighted by Crippen LogP contribution is -2.56. The van der Waals surface area contributed by atoms with Gasteiger partial charge in [-0.3, -0.25) is 38.7 Å². The number of terminal acetylenes is 1. The van der Waals surface area contributed by atoms with Gasteiger partial charge in [0.1, 0.15) is 24.4 Å². The first-order valence-corrected chi connectivity index (χ1v) is 17.1. The second kappa shape index (κ2) is 23.5. The summed E-state index contributed by atoms with van der Waals surface area (Å²) < 4.78 is 2.64. The van der Waals surface area contributed by atoms with Crippen LogP contribution in [0.15, 0.2) is 24.3 Å². The Morgan fingerprint density at radius 1 is 1.02 bits per heavy atom. The molecule has 0 aromatic heterocycles. The molecule has 1 rings (SSSR count). The molecule has 1 aromatic rings. The summed E-state index contributed by atoms with van der Waals surface area (Å²) in [6, 6.07) is 2.69. The molecule has 0 spiro atoms. The Morgan fingerprint density at radius 2 is 1.71 bits per heavy atom. The molecule has 0 aliphatic rings. The smallest absolute Gasteiger partial charge is 0.326 e. The van der Waals surface area contributed by atoms with Gasteiger partial charge in [-0.2, -0.15) is 24.4 Å². The highest BCUT2D eigenvalue weighted by molar-refractivity contribution is 7.98. The van der Waals surface area contributed by atoms with E-state index in [0.29, 0.717) is 11.3 Å². The third kappa shape index (κ3) is 16.3. The van der Waals surface area contributed by atoms with Gasteiger partial charge in [-0.05, 0) is 42.5 Å². The van der Waals surface area contributed by atoms with Gasteiger partial charge in [0.05, 0.1) is 31.4 Å². The van der Waals surface area contributed by atoms with Crippen molar-refractivity contribution in [2.45, 2.75) is 31.0 Å². The number of benzene rings is 1. The Hall–Kier alpha value is -3.84. The van der Waals surface area contributed by atoms with E-state index in [1.165, 1.54) is 29.4 Å². The maximum atomic E-state index is 13.0. The van der Waals surface area contributed by atoms with Gasteiger partial charge in [0.2, 0.25) is 29.3 Å². The number of phenols is 1. The van der Waals surface area contributed by atoms with Crippen molar-refractivity contribution in [3.8, 4) is 18.1 Å². The Morgan fingerprint density at radius 3 is 2.29 bits per heavy atom. The van der Waals surface area contributed by atoms with Gasteiger partial charge in [-0.25, -0.2) is 21.1 Å². The minimum absolute atomic E-state index is 0.0123. The number of thiol groups is 1. The van der Waals surface area contributed by atoms with E-state index in [1.54, 1.807) is 18.4 Å². The molecule has 3 atom stereocenters. The topological polar surface area (TPSA) is 256 Å². The molecule has 20 heteroatoms. The number of hydroxylamine groups is 1. The number of phenolic OH excluding ortho intramolecular Hbond substituents is 1. The standard InChI is InChI=1S/C28H39N7O10S3/c1-3-9-35(14-24(39)33-45)25(40)16-48-34-21(15-46)26(41)22(37)12-29-23(38)13-30-32-20(11-17-4-6-18(36)7-5-17)27(42)31-19(28(43)44)8-10-47-2/h1,4-7,19-21,30,32,34,36,45-46H,8-16H2,2H3,(H,29,38)(H,31,42)(H,33,39)(H,43,44)/t19?,20-,21-/m0/s1. The molecule has 0 bridgehead atoms. The predicted octanol–water partition coefficient (Wildman–Crippen LogP) is -2.52. The molecule has 4 amide bonds. The average Bonchev–Trinajstić information content (AvgIpc) is 3.06. The first-order chi connectivity index (χ1) is 22.9. The second-order valence-electron chi connectivity index (χ2n) is 9.80. The van der Waals surface area contributed by atoms with Crippen molar-refractivity contribution in [2.75, 3.05) is 49.7 Å². The van der Waals surface area contributed by atoms with Crippen LogP contribution < -0.4 is 31.7 Å². The maximum absolute atomic E-state index is 13.0. The molecule has 0 saturated carbocycles. The van der Waals surface area contributed by atoms with Gasteiger partial charge in [0, 0.05) is 5.75 Å². The number of thioether (sulfide) groups is 1. The molecule has 1 aromatic carbocycles. The summed E-state index contributed by atoms with van der Waals surface area (Å²) in [6.45, 7) is -1.80. The normalized spacial score (nSPS) is 12.5. The third-order valence-corrected chi connectivity index (χ3v) is 8.03. The first kappa shape index (κ1) is 42.2. The van der Waals surface area contributed by atoms with Crippen LogP contribution in [-0.4, -0.2) is 129 Å². The number of carbonyl (C=O) groups is 7. The number of aliphatic carboxylic acids is 1. The molecule has 0 aliphatic heterocycles. The van der Waals surface area contributed by atoms with Crippen molar-refractivity contribution in [2.24, 2.45) is 0 Å². The number of Topliss-reactive ketones (excluding diaryl/α,β-unsaturated/α-hetero) is 2. The van der Waals surface area contributed by atoms with E-state index in [2.05, 4.69) is 44.8 Å². The van der Waals surface area contributed by atoms with Gasteiger partial charge in [0.25, 0.3) is 5.91 Å². The van der Waals surface area contributed by atoms with Gasteiger partial charge in [-0.15, -0.1) is 6.42 Å². The number of aromatic hydroxyl groups is 1. The van der Waals surface area contributed by atoms with Crippen molar-refractivity contribution in [3.63, 3.8) is 0 Å². The number of nitrogens with one attached hydrogen (secondary N) is 6. The number of hydrogen-bond donors (Lipinski definition) is 10. The van der Waals surface area contributed by atoms with Crippen molar-refractivity contribution < 1.29 is 49.0 Å². The van der Waals surface area contributed by atoms with E-state index in [4.69, 9.17) is 11.6 Å². The summed E-state index contributed by atoms with van der Waals surface area (Å²) in [5, 5.41) is 32.4. The number of ketones is 2. The zero-order chi connectivity index (χ0) is 36.1. The molecular formula is C28H39N7O10S3. The van der Waals surface area contributed by atoms with Crippen LogP contribution in [0, 0.1) is 12.3 Å². The van der Waals surface area contributed by atoms with E-state index < -0.39 is 78.9 Å². The number of carboxylic acid groups (broad SMARTS) is 1. The summed E-state index contributed by atoms with van der Waals surface area (Å²) in [5.74, 6) is -3.58. The fourth-order valence-electron chi connectivity index (χ4n) is 3.64. The van der Waals surface area contributed by atoms with Crippen molar-refractivity contribution >= 4 is 77.5 Å². The number of amides is 4. The number of carboxylic acids is 1. The summed E-state index contributed by atoms with van der Waals surface area (Å²) in [6.07, 6.45) is 7.25. The Labute approximate surface area is 290 Å². The molecule has 48 heavy (non-hydrogen) atoms. The summed E-state index contributed by atoms with van der Waals surface area (Å²) >= 11 is 6.24. The molecule has 17 nitrogen and oxygen atoms in total. The number of carbonyl (C=O) groups excluding carboxylic acids is 6. The van der Waals surface area contributed by atoms with E-state index in [0.717, 1.165) is 16.8 Å². The molecule has 0 saturated heterocycles. The highest BCUT2D eigenvalue weighted by Crippen LogP contribution is 2.12. The molecule has 0 radical (unpaired) electrons. The van der Waals surface area contributed by atoms with Crippen LogP contribution >= 0.6 is 36.3 Å². The average molecular weight is 730 g/mol. The largest absolute Gasteiger partial charge is 0.508 e. The molecule has 0 heterocycles. The fraction of sp³-hybridized carbons (Fsp3) is 0.464. The molecular weight excluding hydrogens is 691 g/mol. The molecule has 0 fully saturated rings. The van der Waals surface area contributed by atoms with E-state index >= 15 is 0 Å². The maximum Gasteiger partial charge on any atom is 0.326 e. The summed E-state index contributed by atoms with van der Waals surface area (Å²) in [5.41, 5.74) is 7.26. The van der Waals surface area contributed by atoms with Crippen LogP contribution in [0.4, 0.5) is 0 Å². The molecule has 9 N–H and O–H groups in total. The van der Waals surface area contributed by atoms with Gasteiger partial charge in [-0.1, -0.05) is 30.0 Å². The van der Waals surface area contributed by atoms with E-state index in [1.807, 2.05) is 0 Å². The third-order valence-electron chi connectivity index (χ3n) is 6.18. The minimum Gasteiger partial charge on any atom is -0.508 e. The van der Waals surface area contributed by atoms with Crippen molar-refractivity contribution in [1.29, 1.82) is 0 Å². The number of hydrogen-bond acceptors (Lipinski definition) is 15. The quantitative estimate of drug-likeness (QED) is 0.0132. The lowest BCUT2D eigenvalue weighted by molar-refractivity contribution is -0.142. The Balaban J connectivity index is 2.66. The fourth-order valence-corrected chi connectivity index (χ4v) is 5.27. The number of hydrazine groups is 1. The van der Waals surface area contributed by atoms with Gasteiger partial charge >= 0.3 is 5.97 Å². The zero-order valence-corrected chi connectivity index (χ0v) is 28.4. The lowest BCUT2D eigenvalue weighted by atomic mass is 10.0. The van der Waals surface area contributed by atoms with Crippen LogP contribution in [0.2, 0.25) is 0 Å². The molecule has 1 unspecified atom stereocenters. The summed E-state index contributed by atoms with van der Waals surface area (Å²) in [4.78, 5) is 86.7. The SMILES string of the molecule is C#CCN(CC(=O)NO)C(=O)CSN[C@@H](CS)C(=O)C(=O)CNC(=O)CNN[C@@H](Cc1ccc(O)cc1)C(=O)NC(CCSC)C(=O)O. The van der Waals surface area contributed by atoms with Crippen molar-refractivity contribution in [1.82, 2.24) is 36.6 Å². The number of rotatable bonds is 24. The van der Waals surface area contributed by atoms with Gasteiger partial charge in [0.15, 0.2) is 0 Å². The van der Waals surface area contributed by atoms with E-state index in [9.17, 15) is 43.8 Å². The van der Waals surface area contributed by atoms with Crippen LogP contribution in [-0.2, 0) is 40.0 Å².